The highest BCUT2D eigenvalue weighted by molar-refractivity contribution is 9.10. The van der Waals surface area contributed by atoms with Crippen molar-refractivity contribution in [2.45, 2.75) is 26.3 Å². The molecule has 0 aliphatic heterocycles. The standard InChI is InChI=1S/C13H22BrN3S2/c1-3-15-13(16-6-4-5-7-18-2)17-9-12-8-11(14)10-19-12/h8,10H,3-7,9H2,1-2H3,(H2,15,16,17). The van der Waals surface area contributed by atoms with Crippen LogP contribution in [-0.4, -0.2) is 31.1 Å². The number of nitrogens with one attached hydrogen (secondary N) is 2. The Kier molecular flexibility index (Phi) is 9.38. The van der Waals surface area contributed by atoms with E-state index >= 15 is 0 Å². The second kappa shape index (κ2) is 10.6. The molecule has 1 aromatic heterocycles. The van der Waals surface area contributed by atoms with Gasteiger partial charge >= 0.3 is 0 Å². The fourth-order valence-electron chi connectivity index (χ4n) is 1.51. The first-order valence-electron chi connectivity index (χ1n) is 6.50. The molecule has 0 radical (unpaired) electrons. The zero-order chi connectivity index (χ0) is 13.9. The van der Waals surface area contributed by atoms with Crippen LogP contribution in [0.2, 0.25) is 0 Å². The minimum absolute atomic E-state index is 0.733. The minimum Gasteiger partial charge on any atom is -0.357 e. The van der Waals surface area contributed by atoms with Crippen LogP contribution in [0.25, 0.3) is 0 Å². The van der Waals surface area contributed by atoms with Crippen LogP contribution in [0.1, 0.15) is 24.6 Å². The number of nitrogens with zero attached hydrogens (tertiary/aromatic N) is 1. The van der Waals surface area contributed by atoms with Crippen molar-refractivity contribution in [3.8, 4) is 0 Å². The van der Waals surface area contributed by atoms with E-state index in [2.05, 4.69) is 56.2 Å². The summed E-state index contributed by atoms with van der Waals surface area (Å²) in [4.78, 5) is 5.86. The number of halogens is 1. The predicted molar refractivity (Wildman–Crippen MR) is 92.5 cm³/mol. The first kappa shape index (κ1) is 16.9. The van der Waals surface area contributed by atoms with E-state index in [1.54, 1.807) is 11.3 Å². The molecule has 0 aliphatic rings. The molecule has 0 aromatic carbocycles. The number of thioether (sulfide) groups is 1. The summed E-state index contributed by atoms with van der Waals surface area (Å²) >= 11 is 7.10. The lowest BCUT2D eigenvalue weighted by Gasteiger charge is -2.10. The van der Waals surface area contributed by atoms with Crippen LogP contribution in [0.5, 0.6) is 0 Å². The van der Waals surface area contributed by atoms with Crippen molar-refractivity contribution in [2.24, 2.45) is 4.99 Å². The van der Waals surface area contributed by atoms with Crippen LogP contribution in [0.3, 0.4) is 0 Å². The molecule has 19 heavy (non-hydrogen) atoms. The molecule has 0 bridgehead atoms. The second-order valence-electron chi connectivity index (χ2n) is 4.05. The molecule has 0 saturated carbocycles. The molecule has 0 fully saturated rings. The zero-order valence-corrected chi connectivity index (χ0v) is 14.8. The van der Waals surface area contributed by atoms with E-state index in [-0.39, 0.29) is 0 Å². The highest BCUT2D eigenvalue weighted by Gasteiger charge is 1.99. The van der Waals surface area contributed by atoms with Gasteiger partial charge in [0.15, 0.2) is 5.96 Å². The first-order valence-corrected chi connectivity index (χ1v) is 9.57. The van der Waals surface area contributed by atoms with Crippen molar-refractivity contribution in [3.63, 3.8) is 0 Å². The number of thiophene rings is 1. The average Bonchev–Trinajstić information content (AvgIpc) is 2.81. The molecule has 0 aliphatic carbocycles. The molecule has 6 heteroatoms. The van der Waals surface area contributed by atoms with Crippen molar-refractivity contribution < 1.29 is 0 Å². The van der Waals surface area contributed by atoms with Crippen LogP contribution < -0.4 is 10.6 Å². The summed E-state index contributed by atoms with van der Waals surface area (Å²) in [6, 6.07) is 2.12. The summed E-state index contributed by atoms with van der Waals surface area (Å²) in [6.07, 6.45) is 4.60. The molecule has 3 nitrogen and oxygen atoms in total. The Labute approximate surface area is 132 Å². The fraction of sp³-hybridized carbons (Fsp3) is 0.615. The van der Waals surface area contributed by atoms with Gasteiger partial charge in [-0.05, 0) is 53.8 Å². The highest BCUT2D eigenvalue weighted by Crippen LogP contribution is 2.20. The van der Waals surface area contributed by atoms with Gasteiger partial charge in [-0.25, -0.2) is 4.99 Å². The van der Waals surface area contributed by atoms with Gasteiger partial charge in [-0.15, -0.1) is 11.3 Å². The molecule has 0 unspecified atom stereocenters. The summed E-state index contributed by atoms with van der Waals surface area (Å²) in [5.74, 6) is 2.15. The van der Waals surface area contributed by atoms with Gasteiger partial charge in [-0.1, -0.05) is 0 Å². The summed E-state index contributed by atoms with van der Waals surface area (Å²) < 4.78 is 1.14. The van der Waals surface area contributed by atoms with Gasteiger partial charge in [-0.3, -0.25) is 0 Å². The molecule has 0 atom stereocenters. The van der Waals surface area contributed by atoms with Gasteiger partial charge in [-0.2, -0.15) is 11.8 Å². The largest absolute Gasteiger partial charge is 0.357 e. The smallest absolute Gasteiger partial charge is 0.191 e. The Hall–Kier alpha value is -0.200. The third-order valence-corrected chi connectivity index (χ3v) is 4.81. The molecule has 1 heterocycles. The fourth-order valence-corrected chi connectivity index (χ4v) is 3.38. The molecule has 0 saturated heterocycles. The van der Waals surface area contributed by atoms with E-state index in [4.69, 9.17) is 0 Å². The third kappa shape index (κ3) is 7.84. The number of rotatable bonds is 8. The third-order valence-electron chi connectivity index (χ3n) is 2.43. The quantitative estimate of drug-likeness (QED) is 0.419. The molecular weight excluding hydrogens is 342 g/mol. The number of aliphatic imine (C=N–C) groups is 1. The molecular formula is C13H22BrN3S2. The Bertz CT molecular complexity index is 380. The lowest BCUT2D eigenvalue weighted by atomic mass is 10.3. The average molecular weight is 364 g/mol. The Morgan fingerprint density at radius 3 is 2.89 bits per heavy atom. The van der Waals surface area contributed by atoms with Crippen molar-refractivity contribution in [2.75, 3.05) is 25.1 Å². The van der Waals surface area contributed by atoms with E-state index in [1.807, 2.05) is 11.8 Å². The maximum absolute atomic E-state index is 4.59. The Morgan fingerprint density at radius 1 is 1.42 bits per heavy atom. The van der Waals surface area contributed by atoms with Crippen molar-refractivity contribution in [1.29, 1.82) is 0 Å². The van der Waals surface area contributed by atoms with Crippen LogP contribution >= 0.6 is 39.0 Å². The minimum atomic E-state index is 0.733. The van der Waals surface area contributed by atoms with Crippen LogP contribution in [0.4, 0.5) is 0 Å². The summed E-state index contributed by atoms with van der Waals surface area (Å²) in [7, 11) is 0. The van der Waals surface area contributed by atoms with Gasteiger partial charge in [0.1, 0.15) is 0 Å². The maximum Gasteiger partial charge on any atom is 0.191 e. The lowest BCUT2D eigenvalue weighted by Crippen LogP contribution is -2.37. The highest BCUT2D eigenvalue weighted by atomic mass is 79.9. The second-order valence-corrected chi connectivity index (χ2v) is 6.95. The first-order chi connectivity index (χ1) is 9.26. The molecule has 1 rings (SSSR count). The van der Waals surface area contributed by atoms with Crippen LogP contribution in [0.15, 0.2) is 20.9 Å². The zero-order valence-electron chi connectivity index (χ0n) is 11.5. The number of guanidine groups is 1. The number of hydrogen-bond acceptors (Lipinski definition) is 3. The SMILES string of the molecule is CCNC(=NCc1cc(Br)cs1)NCCCCSC. The summed E-state index contributed by atoms with van der Waals surface area (Å²) in [5.41, 5.74) is 0. The summed E-state index contributed by atoms with van der Waals surface area (Å²) in [6.45, 7) is 4.70. The van der Waals surface area contributed by atoms with E-state index in [0.717, 1.165) is 30.1 Å². The molecule has 0 amide bonds. The van der Waals surface area contributed by atoms with Crippen molar-refractivity contribution >= 4 is 45.0 Å². The molecule has 1 aromatic rings. The van der Waals surface area contributed by atoms with E-state index in [9.17, 15) is 0 Å². The molecule has 108 valence electrons. The van der Waals surface area contributed by atoms with Crippen LogP contribution in [0, 0.1) is 0 Å². The van der Waals surface area contributed by atoms with Crippen molar-refractivity contribution in [1.82, 2.24) is 10.6 Å². The Balaban J connectivity index is 2.33. The van der Waals surface area contributed by atoms with E-state index in [0.29, 0.717) is 0 Å². The van der Waals surface area contributed by atoms with Gasteiger partial charge in [0, 0.05) is 27.8 Å². The van der Waals surface area contributed by atoms with Gasteiger partial charge < -0.3 is 10.6 Å². The monoisotopic (exact) mass is 363 g/mol. The number of hydrogen-bond donors (Lipinski definition) is 2. The predicted octanol–water partition coefficient (Wildman–Crippen LogP) is 3.71. The number of unbranched alkanes of at least 4 members (excludes halogenated alkanes) is 1. The van der Waals surface area contributed by atoms with Crippen molar-refractivity contribution in [3.05, 3.63) is 20.8 Å². The van der Waals surface area contributed by atoms with E-state index < -0.39 is 0 Å². The maximum atomic E-state index is 4.59. The van der Waals surface area contributed by atoms with Crippen LogP contribution in [-0.2, 0) is 6.54 Å². The Morgan fingerprint density at radius 2 is 2.26 bits per heavy atom. The molecule has 2 N–H and O–H groups in total. The molecule has 0 spiro atoms. The normalized spacial score (nSPS) is 11.6. The van der Waals surface area contributed by atoms with Gasteiger partial charge in [0.25, 0.3) is 0 Å². The van der Waals surface area contributed by atoms with E-state index in [1.165, 1.54) is 23.5 Å². The summed E-state index contributed by atoms with van der Waals surface area (Å²) in [5, 5.41) is 8.75. The van der Waals surface area contributed by atoms with Gasteiger partial charge in [0.2, 0.25) is 0 Å². The topological polar surface area (TPSA) is 36.4 Å². The van der Waals surface area contributed by atoms with Gasteiger partial charge in [0.05, 0.1) is 6.54 Å². The lowest BCUT2D eigenvalue weighted by molar-refractivity contribution is 0.735.